The number of likely N-dealkylation sites (tertiary alicyclic amines) is 1. The molecule has 2 heterocycles. The molecule has 1 aliphatic rings. The number of carbonyl (C=O) groups is 2. The van der Waals surface area contributed by atoms with Gasteiger partial charge in [-0.1, -0.05) is 6.92 Å². The Kier molecular flexibility index (Phi) is 3.74. The molecule has 0 bridgehead atoms. The molecule has 0 saturated carbocycles. The van der Waals surface area contributed by atoms with Gasteiger partial charge in [-0.05, 0) is 37.5 Å². The molecular weight excluding hydrogens is 246 g/mol. The highest BCUT2D eigenvalue weighted by atomic mass is 16.4. The minimum Gasteiger partial charge on any atom is -0.479 e. The minimum atomic E-state index is -1.05. The van der Waals surface area contributed by atoms with Gasteiger partial charge >= 0.3 is 5.97 Å². The first-order valence-electron chi connectivity index (χ1n) is 6.37. The molecule has 1 atom stereocenters. The van der Waals surface area contributed by atoms with Crippen LogP contribution in [0.25, 0.3) is 6.08 Å². The topological polar surface area (TPSA) is 70.8 Å². The fourth-order valence-corrected chi connectivity index (χ4v) is 2.57. The zero-order chi connectivity index (χ0) is 13.9. The monoisotopic (exact) mass is 263 g/mol. The molecule has 0 radical (unpaired) electrons. The number of carboxylic acid groups (broad SMARTS) is 1. The average molecular weight is 263 g/mol. The molecule has 2 rings (SSSR count). The molecule has 19 heavy (non-hydrogen) atoms. The molecule has 1 saturated heterocycles. The number of hydrogen-bond acceptors (Lipinski definition) is 3. The quantitative estimate of drug-likeness (QED) is 0.845. The van der Waals surface area contributed by atoms with E-state index in [9.17, 15) is 14.7 Å². The van der Waals surface area contributed by atoms with E-state index in [1.54, 1.807) is 25.1 Å². The molecule has 1 fully saturated rings. The van der Waals surface area contributed by atoms with Crippen LogP contribution in [0.1, 0.15) is 31.9 Å². The number of aliphatic carboxylic acids is 1. The first-order chi connectivity index (χ1) is 9.10. The number of carboxylic acids is 1. The maximum absolute atomic E-state index is 12.2. The van der Waals surface area contributed by atoms with Crippen molar-refractivity contribution < 1.29 is 19.1 Å². The zero-order valence-corrected chi connectivity index (χ0v) is 10.8. The van der Waals surface area contributed by atoms with Gasteiger partial charge in [0.2, 0.25) is 5.91 Å². The molecule has 1 N–H and O–H groups in total. The van der Waals surface area contributed by atoms with E-state index in [0.717, 1.165) is 6.42 Å². The van der Waals surface area contributed by atoms with Crippen LogP contribution in [0, 0.1) is 0 Å². The van der Waals surface area contributed by atoms with Crippen molar-refractivity contribution in [3.05, 3.63) is 30.2 Å². The van der Waals surface area contributed by atoms with Crippen LogP contribution in [0.15, 0.2) is 28.9 Å². The summed E-state index contributed by atoms with van der Waals surface area (Å²) in [5.41, 5.74) is -1.05. The van der Waals surface area contributed by atoms with Gasteiger partial charge in [-0.2, -0.15) is 0 Å². The summed E-state index contributed by atoms with van der Waals surface area (Å²) in [6.45, 7) is 2.29. The predicted octanol–water partition coefficient (Wildman–Crippen LogP) is 2.15. The molecule has 1 unspecified atom stereocenters. The van der Waals surface area contributed by atoms with Crippen molar-refractivity contribution in [2.24, 2.45) is 0 Å². The highest BCUT2D eigenvalue weighted by Gasteiger charge is 2.47. The number of rotatable bonds is 4. The van der Waals surface area contributed by atoms with Crippen molar-refractivity contribution in [2.45, 2.75) is 31.7 Å². The van der Waals surface area contributed by atoms with E-state index in [1.165, 1.54) is 17.2 Å². The maximum Gasteiger partial charge on any atom is 0.329 e. The standard InChI is InChI=1S/C14H17NO4/c1-2-14(13(17)18)8-4-9-15(14)12(16)7-6-11-5-3-10-19-11/h3,5-7,10H,2,4,8-9H2,1H3,(H,17,18)/b7-6+. The van der Waals surface area contributed by atoms with E-state index < -0.39 is 11.5 Å². The lowest BCUT2D eigenvalue weighted by molar-refractivity contribution is -0.155. The fraction of sp³-hybridized carbons (Fsp3) is 0.429. The summed E-state index contributed by atoms with van der Waals surface area (Å²) >= 11 is 0. The van der Waals surface area contributed by atoms with Crippen LogP contribution in [-0.4, -0.2) is 34.0 Å². The normalized spacial score (nSPS) is 23.1. The Labute approximate surface area is 111 Å². The number of hydrogen-bond donors (Lipinski definition) is 1. The van der Waals surface area contributed by atoms with Gasteiger partial charge in [0.05, 0.1) is 6.26 Å². The van der Waals surface area contributed by atoms with Gasteiger partial charge in [0.1, 0.15) is 11.3 Å². The highest BCUT2D eigenvalue weighted by molar-refractivity contribution is 5.96. The lowest BCUT2D eigenvalue weighted by atomic mass is 9.93. The lowest BCUT2D eigenvalue weighted by Gasteiger charge is -2.33. The third-order valence-electron chi connectivity index (χ3n) is 3.67. The summed E-state index contributed by atoms with van der Waals surface area (Å²) < 4.78 is 5.10. The van der Waals surface area contributed by atoms with Gasteiger partial charge in [-0.25, -0.2) is 4.79 Å². The Morgan fingerprint density at radius 1 is 1.58 bits per heavy atom. The Morgan fingerprint density at radius 2 is 2.37 bits per heavy atom. The Bertz CT molecular complexity index is 492. The Balaban J connectivity index is 2.16. The predicted molar refractivity (Wildman–Crippen MR) is 69.3 cm³/mol. The molecule has 1 amide bonds. The maximum atomic E-state index is 12.2. The van der Waals surface area contributed by atoms with Crippen LogP contribution in [0.5, 0.6) is 0 Å². The first kappa shape index (κ1) is 13.4. The molecule has 5 heteroatoms. The molecule has 1 aliphatic heterocycles. The third-order valence-corrected chi connectivity index (χ3v) is 3.67. The van der Waals surface area contributed by atoms with Gasteiger partial charge in [-0.15, -0.1) is 0 Å². The lowest BCUT2D eigenvalue weighted by Crippen LogP contribution is -2.52. The number of nitrogens with zero attached hydrogens (tertiary/aromatic N) is 1. The van der Waals surface area contributed by atoms with Crippen LogP contribution < -0.4 is 0 Å². The number of amides is 1. The van der Waals surface area contributed by atoms with Crippen molar-refractivity contribution >= 4 is 18.0 Å². The van der Waals surface area contributed by atoms with Crippen molar-refractivity contribution in [3.63, 3.8) is 0 Å². The molecule has 1 aromatic heterocycles. The second-order valence-electron chi connectivity index (χ2n) is 4.63. The molecule has 1 aromatic rings. The van der Waals surface area contributed by atoms with Crippen LogP contribution in [0.4, 0.5) is 0 Å². The van der Waals surface area contributed by atoms with E-state index in [-0.39, 0.29) is 5.91 Å². The fourth-order valence-electron chi connectivity index (χ4n) is 2.57. The van der Waals surface area contributed by atoms with Gasteiger partial charge in [0, 0.05) is 12.6 Å². The second kappa shape index (κ2) is 5.30. The van der Waals surface area contributed by atoms with E-state index in [4.69, 9.17) is 4.42 Å². The van der Waals surface area contributed by atoms with Crippen molar-refractivity contribution in [2.75, 3.05) is 6.54 Å². The largest absolute Gasteiger partial charge is 0.479 e. The minimum absolute atomic E-state index is 0.279. The van der Waals surface area contributed by atoms with Crippen molar-refractivity contribution in [3.8, 4) is 0 Å². The van der Waals surface area contributed by atoms with E-state index in [0.29, 0.717) is 25.1 Å². The number of furan rings is 1. The van der Waals surface area contributed by atoms with Crippen molar-refractivity contribution in [1.29, 1.82) is 0 Å². The first-order valence-corrected chi connectivity index (χ1v) is 6.37. The summed E-state index contributed by atoms with van der Waals surface area (Å²) in [6.07, 6.45) is 6.11. The van der Waals surface area contributed by atoms with Crippen LogP contribution in [-0.2, 0) is 9.59 Å². The summed E-state index contributed by atoms with van der Waals surface area (Å²) in [6, 6.07) is 3.46. The summed E-state index contributed by atoms with van der Waals surface area (Å²) in [4.78, 5) is 25.1. The number of carbonyl (C=O) groups excluding carboxylic acids is 1. The van der Waals surface area contributed by atoms with Gasteiger partial charge in [0.15, 0.2) is 0 Å². The third kappa shape index (κ3) is 2.41. The second-order valence-corrected chi connectivity index (χ2v) is 4.63. The SMILES string of the molecule is CCC1(C(=O)O)CCCN1C(=O)/C=C/c1ccco1. The molecule has 0 aliphatic carbocycles. The summed E-state index contributed by atoms with van der Waals surface area (Å²) in [5.74, 6) is -0.629. The van der Waals surface area contributed by atoms with E-state index in [2.05, 4.69) is 0 Å². The molecular formula is C14H17NO4. The van der Waals surface area contributed by atoms with E-state index in [1.807, 2.05) is 0 Å². The zero-order valence-electron chi connectivity index (χ0n) is 10.8. The van der Waals surface area contributed by atoms with Crippen LogP contribution >= 0.6 is 0 Å². The molecule has 0 aromatic carbocycles. The van der Waals surface area contributed by atoms with Crippen molar-refractivity contribution in [1.82, 2.24) is 4.90 Å². The summed E-state index contributed by atoms with van der Waals surface area (Å²) in [5, 5.41) is 9.40. The highest BCUT2D eigenvalue weighted by Crippen LogP contribution is 2.33. The summed E-state index contributed by atoms with van der Waals surface area (Å²) in [7, 11) is 0. The van der Waals surface area contributed by atoms with E-state index >= 15 is 0 Å². The average Bonchev–Trinajstić information content (AvgIpc) is 3.05. The van der Waals surface area contributed by atoms with Gasteiger partial charge in [0.25, 0.3) is 0 Å². The Morgan fingerprint density at radius 3 is 2.95 bits per heavy atom. The molecule has 0 spiro atoms. The van der Waals surface area contributed by atoms with Gasteiger partial charge < -0.3 is 14.4 Å². The van der Waals surface area contributed by atoms with Crippen LogP contribution in [0.3, 0.4) is 0 Å². The van der Waals surface area contributed by atoms with Crippen LogP contribution in [0.2, 0.25) is 0 Å². The Hall–Kier alpha value is -2.04. The van der Waals surface area contributed by atoms with Gasteiger partial charge in [-0.3, -0.25) is 4.79 Å². The molecule has 5 nitrogen and oxygen atoms in total. The molecule has 102 valence electrons. The smallest absolute Gasteiger partial charge is 0.329 e.